The van der Waals surface area contributed by atoms with Crippen molar-refractivity contribution in [1.29, 1.82) is 0 Å². The molecule has 1 fully saturated rings. The molecule has 0 bridgehead atoms. The molecular weight excluding hydrogens is 324 g/mol. The molecule has 0 saturated carbocycles. The molecule has 1 aliphatic rings. The van der Waals surface area contributed by atoms with Gasteiger partial charge in [-0.05, 0) is 45.7 Å². The van der Waals surface area contributed by atoms with Crippen molar-refractivity contribution < 1.29 is 23.8 Å². The van der Waals surface area contributed by atoms with Crippen molar-refractivity contribution >= 4 is 11.9 Å². The molecule has 1 aliphatic heterocycles. The van der Waals surface area contributed by atoms with Gasteiger partial charge in [0.1, 0.15) is 5.69 Å². The smallest absolute Gasteiger partial charge is 0.355 e. The molecule has 2 heterocycles. The topological polar surface area (TPSA) is 80.9 Å². The number of carbonyl (C=O) groups is 2. The third-order valence-electron chi connectivity index (χ3n) is 4.29. The van der Waals surface area contributed by atoms with Gasteiger partial charge in [0.2, 0.25) is 0 Å². The number of carbonyl (C=O) groups excluding carboxylic acids is 2. The Morgan fingerprint density at radius 3 is 2.40 bits per heavy atom. The summed E-state index contributed by atoms with van der Waals surface area (Å²) in [6.45, 7) is 10.2. The van der Waals surface area contributed by atoms with Crippen molar-refractivity contribution in [1.82, 2.24) is 9.88 Å². The van der Waals surface area contributed by atoms with Crippen molar-refractivity contribution in [2.45, 2.75) is 33.6 Å². The van der Waals surface area contributed by atoms with Gasteiger partial charge in [-0.1, -0.05) is 0 Å². The highest BCUT2D eigenvalue weighted by molar-refractivity contribution is 5.98. The zero-order chi connectivity index (χ0) is 18.2. The Morgan fingerprint density at radius 1 is 1.12 bits per heavy atom. The maximum Gasteiger partial charge on any atom is 0.355 e. The number of morpholine rings is 1. The molecule has 0 spiro atoms. The highest BCUT2D eigenvalue weighted by atomic mass is 16.5. The molecule has 0 radical (unpaired) electrons. The van der Waals surface area contributed by atoms with Crippen LogP contribution >= 0.6 is 0 Å². The van der Waals surface area contributed by atoms with Gasteiger partial charge in [-0.3, -0.25) is 4.90 Å². The second-order valence-electron chi connectivity index (χ2n) is 5.98. The van der Waals surface area contributed by atoms with E-state index in [9.17, 15) is 9.59 Å². The Labute approximate surface area is 148 Å². The van der Waals surface area contributed by atoms with Crippen LogP contribution in [0, 0.1) is 6.92 Å². The predicted molar refractivity (Wildman–Crippen MR) is 93.0 cm³/mol. The number of hydrogen-bond acceptors (Lipinski definition) is 6. The van der Waals surface area contributed by atoms with Crippen LogP contribution in [0.4, 0.5) is 0 Å². The lowest BCUT2D eigenvalue weighted by atomic mass is 10.1. The summed E-state index contributed by atoms with van der Waals surface area (Å²) < 4.78 is 15.6. The highest BCUT2D eigenvalue weighted by Crippen LogP contribution is 2.22. The molecule has 25 heavy (non-hydrogen) atoms. The largest absolute Gasteiger partial charge is 0.462 e. The van der Waals surface area contributed by atoms with Gasteiger partial charge in [0.15, 0.2) is 0 Å². The summed E-state index contributed by atoms with van der Waals surface area (Å²) >= 11 is 0. The van der Waals surface area contributed by atoms with Crippen LogP contribution in [0.25, 0.3) is 0 Å². The van der Waals surface area contributed by atoms with Crippen molar-refractivity contribution in [2.24, 2.45) is 0 Å². The molecule has 1 aromatic heterocycles. The van der Waals surface area contributed by atoms with E-state index < -0.39 is 11.9 Å². The van der Waals surface area contributed by atoms with E-state index in [-0.39, 0.29) is 0 Å². The van der Waals surface area contributed by atoms with Gasteiger partial charge < -0.3 is 19.2 Å². The Balaban J connectivity index is 2.11. The average Bonchev–Trinajstić information content (AvgIpc) is 2.93. The molecule has 1 saturated heterocycles. The van der Waals surface area contributed by atoms with Gasteiger partial charge in [-0.2, -0.15) is 0 Å². The summed E-state index contributed by atoms with van der Waals surface area (Å²) in [6, 6.07) is 0. The normalized spacial score (nSPS) is 15.2. The number of aryl methyl sites for hydroxylation is 1. The van der Waals surface area contributed by atoms with Crippen LogP contribution in [0.5, 0.6) is 0 Å². The second-order valence-corrected chi connectivity index (χ2v) is 5.98. The number of ether oxygens (including phenoxy) is 3. The van der Waals surface area contributed by atoms with Gasteiger partial charge >= 0.3 is 11.9 Å². The number of rotatable bonds is 8. The van der Waals surface area contributed by atoms with Crippen LogP contribution in [-0.4, -0.2) is 67.9 Å². The second kappa shape index (κ2) is 9.58. The fourth-order valence-corrected chi connectivity index (χ4v) is 3.04. The lowest BCUT2D eigenvalue weighted by Crippen LogP contribution is -2.37. The third-order valence-corrected chi connectivity index (χ3v) is 4.29. The van der Waals surface area contributed by atoms with Crippen molar-refractivity contribution in [3.63, 3.8) is 0 Å². The maximum absolute atomic E-state index is 12.3. The van der Waals surface area contributed by atoms with E-state index in [1.807, 2.05) is 0 Å². The summed E-state index contributed by atoms with van der Waals surface area (Å²) in [5.41, 5.74) is 2.14. The molecule has 2 rings (SSSR count). The molecule has 0 amide bonds. The molecule has 1 aromatic rings. The monoisotopic (exact) mass is 352 g/mol. The quantitative estimate of drug-likeness (QED) is 0.720. The number of esters is 2. The van der Waals surface area contributed by atoms with Gasteiger partial charge in [0, 0.05) is 18.8 Å². The molecule has 1 N–H and O–H groups in total. The van der Waals surface area contributed by atoms with E-state index in [1.54, 1.807) is 20.8 Å². The summed E-state index contributed by atoms with van der Waals surface area (Å²) in [4.78, 5) is 29.9. The summed E-state index contributed by atoms with van der Waals surface area (Å²) in [5, 5.41) is 0. The molecule has 140 valence electrons. The summed E-state index contributed by atoms with van der Waals surface area (Å²) in [6.07, 6.45) is 1.56. The lowest BCUT2D eigenvalue weighted by Gasteiger charge is -2.26. The van der Waals surface area contributed by atoms with E-state index >= 15 is 0 Å². The number of nitrogens with one attached hydrogen (secondary N) is 1. The van der Waals surface area contributed by atoms with Gasteiger partial charge in [0.25, 0.3) is 0 Å². The zero-order valence-electron chi connectivity index (χ0n) is 15.4. The SMILES string of the molecule is CCOC(=O)c1[nH]c(CCCN2CCOCC2)c(C(=O)OCC)c1C. The molecule has 0 atom stereocenters. The molecular formula is C18H28N2O5. The molecule has 7 heteroatoms. The van der Waals surface area contributed by atoms with Gasteiger partial charge in [0.05, 0.1) is 32.0 Å². The number of hydrogen-bond donors (Lipinski definition) is 1. The first kappa shape index (κ1) is 19.5. The molecule has 0 aromatic carbocycles. The Morgan fingerprint density at radius 2 is 1.76 bits per heavy atom. The van der Waals surface area contributed by atoms with Crippen LogP contribution in [0.2, 0.25) is 0 Å². The standard InChI is InChI=1S/C18H28N2O5/c1-4-24-17(21)15-13(3)16(18(22)25-5-2)19-14(15)7-6-8-20-9-11-23-12-10-20/h19H,4-12H2,1-3H3. The van der Waals surface area contributed by atoms with Gasteiger partial charge in [-0.25, -0.2) is 9.59 Å². The minimum absolute atomic E-state index is 0.290. The number of aromatic nitrogens is 1. The van der Waals surface area contributed by atoms with Crippen LogP contribution in [-0.2, 0) is 20.6 Å². The average molecular weight is 352 g/mol. The summed E-state index contributed by atoms with van der Waals surface area (Å²) in [5.74, 6) is -0.835. The van der Waals surface area contributed by atoms with Crippen LogP contribution < -0.4 is 0 Å². The number of nitrogens with zero attached hydrogens (tertiary/aromatic N) is 1. The maximum atomic E-state index is 12.3. The molecule has 7 nitrogen and oxygen atoms in total. The Hall–Kier alpha value is -1.86. The minimum Gasteiger partial charge on any atom is -0.462 e. The van der Waals surface area contributed by atoms with E-state index in [0.29, 0.717) is 36.5 Å². The van der Waals surface area contributed by atoms with Crippen molar-refractivity contribution in [3.8, 4) is 0 Å². The first-order chi connectivity index (χ1) is 12.1. The first-order valence-electron chi connectivity index (χ1n) is 8.94. The third kappa shape index (κ3) is 5.06. The molecule has 0 unspecified atom stereocenters. The van der Waals surface area contributed by atoms with Crippen LogP contribution in [0.3, 0.4) is 0 Å². The minimum atomic E-state index is -0.440. The van der Waals surface area contributed by atoms with Crippen molar-refractivity contribution in [2.75, 3.05) is 46.1 Å². The number of aromatic amines is 1. The molecule has 0 aliphatic carbocycles. The fraction of sp³-hybridized carbons (Fsp3) is 0.667. The van der Waals surface area contributed by atoms with E-state index in [4.69, 9.17) is 14.2 Å². The van der Waals surface area contributed by atoms with E-state index in [2.05, 4.69) is 9.88 Å². The summed E-state index contributed by atoms with van der Waals surface area (Å²) in [7, 11) is 0. The Bertz CT molecular complexity index is 591. The Kier molecular flexibility index (Phi) is 7.46. The van der Waals surface area contributed by atoms with Crippen molar-refractivity contribution in [3.05, 3.63) is 22.5 Å². The number of H-pyrrole nitrogens is 1. The predicted octanol–water partition coefficient (Wildman–Crippen LogP) is 1.94. The fourth-order valence-electron chi connectivity index (χ4n) is 3.04. The van der Waals surface area contributed by atoms with Crippen LogP contribution in [0.15, 0.2) is 0 Å². The highest BCUT2D eigenvalue weighted by Gasteiger charge is 2.25. The van der Waals surface area contributed by atoms with Gasteiger partial charge in [-0.15, -0.1) is 0 Å². The van der Waals surface area contributed by atoms with E-state index in [0.717, 1.165) is 45.0 Å². The van der Waals surface area contributed by atoms with Crippen LogP contribution in [0.1, 0.15) is 52.4 Å². The first-order valence-corrected chi connectivity index (χ1v) is 8.94. The zero-order valence-corrected chi connectivity index (χ0v) is 15.4. The lowest BCUT2D eigenvalue weighted by molar-refractivity contribution is 0.0374. The van der Waals surface area contributed by atoms with E-state index in [1.165, 1.54) is 0 Å².